The van der Waals surface area contributed by atoms with Crippen LogP contribution in [-0.4, -0.2) is 18.1 Å². The van der Waals surface area contributed by atoms with E-state index in [1.165, 1.54) is 0 Å². The third-order valence-corrected chi connectivity index (χ3v) is 2.55. The van der Waals surface area contributed by atoms with Crippen LogP contribution < -0.4 is 5.73 Å². The van der Waals surface area contributed by atoms with E-state index >= 15 is 0 Å². The molecule has 1 atom stereocenters. The lowest BCUT2D eigenvalue weighted by atomic mass is 9.99. The highest BCUT2D eigenvalue weighted by Gasteiger charge is 2.25. The van der Waals surface area contributed by atoms with Crippen LogP contribution in [0, 0.1) is 23.4 Å². The minimum atomic E-state index is -1.53. The predicted molar refractivity (Wildman–Crippen MR) is 68.4 cm³/mol. The molecule has 0 radical (unpaired) electrons. The number of carbonyl (C=O) groups is 1. The van der Waals surface area contributed by atoms with Crippen LogP contribution in [0.2, 0.25) is 0 Å². The topological polar surface area (TPSA) is 52.3 Å². The zero-order valence-electron chi connectivity index (χ0n) is 11.7. The van der Waals surface area contributed by atoms with Crippen molar-refractivity contribution in [3.8, 4) is 0 Å². The first-order chi connectivity index (χ1) is 9.14. The Hall–Kier alpha value is -1.56. The number of esters is 1. The van der Waals surface area contributed by atoms with Crippen molar-refractivity contribution in [2.75, 3.05) is 6.54 Å². The van der Waals surface area contributed by atoms with Gasteiger partial charge in [0.25, 0.3) is 0 Å². The Morgan fingerprint density at radius 3 is 2.15 bits per heavy atom. The molecular formula is C14H18F3NO2. The van der Waals surface area contributed by atoms with E-state index < -0.39 is 34.9 Å². The third kappa shape index (κ3) is 4.52. The Morgan fingerprint density at radius 1 is 1.25 bits per heavy atom. The molecule has 0 saturated heterocycles. The fraction of sp³-hybridized carbons (Fsp3) is 0.500. The average molecular weight is 289 g/mol. The van der Waals surface area contributed by atoms with E-state index in [1.54, 1.807) is 20.8 Å². The van der Waals surface area contributed by atoms with Gasteiger partial charge in [-0.15, -0.1) is 0 Å². The molecule has 0 aliphatic heterocycles. The summed E-state index contributed by atoms with van der Waals surface area (Å²) in [5.41, 5.74) is 4.96. The van der Waals surface area contributed by atoms with Crippen molar-refractivity contribution in [1.82, 2.24) is 0 Å². The molecule has 1 aromatic carbocycles. The van der Waals surface area contributed by atoms with Crippen LogP contribution in [0.25, 0.3) is 0 Å². The van der Waals surface area contributed by atoms with Gasteiger partial charge in [-0.05, 0) is 44.9 Å². The summed E-state index contributed by atoms with van der Waals surface area (Å²) >= 11 is 0. The first kappa shape index (κ1) is 16.5. The number of rotatable bonds is 4. The first-order valence-corrected chi connectivity index (χ1v) is 6.20. The maximum absolute atomic E-state index is 13.1. The van der Waals surface area contributed by atoms with Crippen molar-refractivity contribution in [2.24, 2.45) is 11.7 Å². The van der Waals surface area contributed by atoms with Crippen LogP contribution in [0.15, 0.2) is 12.1 Å². The van der Waals surface area contributed by atoms with E-state index in [4.69, 9.17) is 10.5 Å². The Morgan fingerprint density at radius 2 is 1.75 bits per heavy atom. The molecule has 2 N–H and O–H groups in total. The monoisotopic (exact) mass is 289 g/mol. The Balaban J connectivity index is 2.86. The molecule has 1 rings (SSSR count). The minimum Gasteiger partial charge on any atom is -0.460 e. The third-order valence-electron chi connectivity index (χ3n) is 2.55. The van der Waals surface area contributed by atoms with E-state index in [2.05, 4.69) is 0 Å². The number of benzene rings is 1. The van der Waals surface area contributed by atoms with E-state index in [9.17, 15) is 18.0 Å². The number of halogens is 3. The van der Waals surface area contributed by atoms with E-state index in [-0.39, 0.29) is 18.5 Å². The smallest absolute Gasteiger partial charge is 0.311 e. The summed E-state index contributed by atoms with van der Waals surface area (Å²) in [6.07, 6.45) is -0.0144. The molecular weight excluding hydrogens is 271 g/mol. The zero-order valence-corrected chi connectivity index (χ0v) is 11.7. The van der Waals surface area contributed by atoms with Gasteiger partial charge in [0.05, 0.1) is 5.92 Å². The summed E-state index contributed by atoms with van der Waals surface area (Å²) in [5.74, 6) is -5.40. The average Bonchev–Trinajstić information content (AvgIpc) is 2.30. The molecule has 0 bridgehead atoms. The molecule has 1 aromatic rings. The standard InChI is InChI=1S/C14H18F3NO2/c1-14(2,3)20-13(19)9(7-18)4-8-5-10(15)12(17)11(16)6-8/h5-6,9H,4,7,18H2,1-3H3. The number of nitrogens with two attached hydrogens (primary N) is 1. The number of ether oxygens (including phenoxy) is 1. The van der Waals surface area contributed by atoms with Gasteiger partial charge in [-0.1, -0.05) is 0 Å². The van der Waals surface area contributed by atoms with Gasteiger partial charge in [-0.25, -0.2) is 13.2 Å². The van der Waals surface area contributed by atoms with Gasteiger partial charge in [0.1, 0.15) is 5.60 Å². The van der Waals surface area contributed by atoms with Crippen molar-refractivity contribution in [3.05, 3.63) is 35.1 Å². The lowest BCUT2D eigenvalue weighted by molar-refractivity contribution is -0.159. The number of carbonyl (C=O) groups excluding carboxylic acids is 1. The van der Waals surface area contributed by atoms with Gasteiger partial charge in [0.15, 0.2) is 17.5 Å². The summed E-state index contributed by atoms with van der Waals surface area (Å²) in [5, 5.41) is 0. The molecule has 0 heterocycles. The lowest BCUT2D eigenvalue weighted by Crippen LogP contribution is -2.33. The summed E-state index contributed by atoms with van der Waals surface area (Å²) in [6, 6.07) is 1.71. The van der Waals surface area contributed by atoms with E-state index in [1.807, 2.05) is 0 Å². The van der Waals surface area contributed by atoms with Crippen LogP contribution in [-0.2, 0) is 16.0 Å². The zero-order chi connectivity index (χ0) is 15.5. The highest BCUT2D eigenvalue weighted by Crippen LogP contribution is 2.18. The maximum Gasteiger partial charge on any atom is 0.311 e. The van der Waals surface area contributed by atoms with Gasteiger partial charge in [-0.3, -0.25) is 4.79 Å². The summed E-state index contributed by atoms with van der Waals surface area (Å²) in [7, 11) is 0. The largest absolute Gasteiger partial charge is 0.460 e. The molecule has 0 aliphatic rings. The molecule has 0 spiro atoms. The van der Waals surface area contributed by atoms with Crippen LogP contribution in [0.3, 0.4) is 0 Å². The minimum absolute atomic E-state index is 0.0144. The van der Waals surface area contributed by atoms with Crippen molar-refractivity contribution >= 4 is 5.97 Å². The summed E-state index contributed by atoms with van der Waals surface area (Å²) in [6.45, 7) is 5.08. The Labute approximate surface area is 115 Å². The first-order valence-electron chi connectivity index (χ1n) is 6.20. The molecule has 0 aliphatic carbocycles. The molecule has 112 valence electrons. The fourth-order valence-corrected chi connectivity index (χ4v) is 1.66. The second-order valence-corrected chi connectivity index (χ2v) is 5.54. The van der Waals surface area contributed by atoms with Gasteiger partial charge >= 0.3 is 5.97 Å². The number of hydrogen-bond acceptors (Lipinski definition) is 3. The van der Waals surface area contributed by atoms with Crippen LogP contribution >= 0.6 is 0 Å². The fourth-order valence-electron chi connectivity index (χ4n) is 1.66. The van der Waals surface area contributed by atoms with Gasteiger partial charge in [-0.2, -0.15) is 0 Å². The van der Waals surface area contributed by atoms with Gasteiger partial charge < -0.3 is 10.5 Å². The summed E-state index contributed by atoms with van der Waals surface area (Å²) < 4.78 is 44.2. The van der Waals surface area contributed by atoms with E-state index in [0.717, 1.165) is 12.1 Å². The van der Waals surface area contributed by atoms with Crippen LogP contribution in [0.5, 0.6) is 0 Å². The van der Waals surface area contributed by atoms with Gasteiger partial charge in [0.2, 0.25) is 0 Å². The highest BCUT2D eigenvalue weighted by molar-refractivity contribution is 5.73. The Bertz CT molecular complexity index is 475. The van der Waals surface area contributed by atoms with Crippen molar-refractivity contribution in [2.45, 2.75) is 32.8 Å². The van der Waals surface area contributed by atoms with Gasteiger partial charge in [0, 0.05) is 6.54 Å². The van der Waals surface area contributed by atoms with Crippen molar-refractivity contribution in [3.63, 3.8) is 0 Å². The maximum atomic E-state index is 13.1. The molecule has 0 fully saturated rings. The quantitative estimate of drug-likeness (QED) is 0.684. The predicted octanol–water partition coefficient (Wildman–Crippen LogP) is 2.56. The SMILES string of the molecule is CC(C)(C)OC(=O)C(CN)Cc1cc(F)c(F)c(F)c1. The van der Waals surface area contributed by atoms with Crippen LogP contribution in [0.4, 0.5) is 13.2 Å². The number of hydrogen-bond donors (Lipinski definition) is 1. The second-order valence-electron chi connectivity index (χ2n) is 5.54. The lowest BCUT2D eigenvalue weighted by Gasteiger charge is -2.23. The molecule has 0 saturated carbocycles. The molecule has 3 nitrogen and oxygen atoms in total. The molecule has 6 heteroatoms. The Kier molecular flexibility index (Phi) is 5.16. The van der Waals surface area contributed by atoms with E-state index in [0.29, 0.717) is 0 Å². The second kappa shape index (κ2) is 6.26. The van der Waals surface area contributed by atoms with Crippen LogP contribution in [0.1, 0.15) is 26.3 Å². The van der Waals surface area contributed by atoms with Crippen molar-refractivity contribution in [1.29, 1.82) is 0 Å². The van der Waals surface area contributed by atoms with Crippen molar-refractivity contribution < 1.29 is 22.7 Å². The molecule has 0 aromatic heterocycles. The normalized spacial score (nSPS) is 13.2. The molecule has 20 heavy (non-hydrogen) atoms. The molecule has 0 amide bonds. The summed E-state index contributed by atoms with van der Waals surface area (Å²) in [4.78, 5) is 11.9. The molecule has 1 unspecified atom stereocenters. The highest BCUT2D eigenvalue weighted by atomic mass is 19.2.